The molecule has 5 nitrogen and oxygen atoms in total. The number of thioether (sulfide) groups is 1. The number of unbranched alkanes of at least 4 members (excludes halogenated alkanes) is 1. The lowest BCUT2D eigenvalue weighted by atomic mass is 10.2. The second kappa shape index (κ2) is 13.2. The fourth-order valence-electron chi connectivity index (χ4n) is 2.65. The molecule has 0 spiro atoms. The number of halogens is 1. The Hall–Kier alpha value is -2.12. The summed E-state index contributed by atoms with van der Waals surface area (Å²) < 4.78 is 0.687. The Labute approximate surface area is 191 Å². The van der Waals surface area contributed by atoms with Crippen LogP contribution in [0.2, 0.25) is 0 Å². The van der Waals surface area contributed by atoms with Gasteiger partial charge in [0.25, 0.3) is 11.8 Å². The molecule has 160 valence electrons. The van der Waals surface area contributed by atoms with E-state index >= 15 is 0 Å². The fourth-order valence-corrected chi connectivity index (χ4v) is 4.13. The smallest absolute Gasteiger partial charge is 0.263 e. The number of rotatable bonds is 11. The molecule has 0 aliphatic carbocycles. The zero-order valence-electron chi connectivity index (χ0n) is 17.4. The van der Waals surface area contributed by atoms with E-state index in [0.29, 0.717) is 15.8 Å². The molecule has 1 atom stereocenters. The average Bonchev–Trinajstić information content (AvgIpc) is 2.76. The van der Waals surface area contributed by atoms with Gasteiger partial charge in [-0.25, -0.2) is 5.43 Å². The minimum Gasteiger partial charge on any atom is -0.339 e. The van der Waals surface area contributed by atoms with E-state index < -0.39 is 6.04 Å². The third-order valence-electron chi connectivity index (χ3n) is 4.39. The molecule has 0 unspecified atom stereocenters. The van der Waals surface area contributed by atoms with Crippen LogP contribution in [0.15, 0.2) is 64.2 Å². The van der Waals surface area contributed by atoms with Crippen LogP contribution in [0, 0.1) is 0 Å². The van der Waals surface area contributed by atoms with Crippen molar-refractivity contribution < 1.29 is 9.59 Å². The third-order valence-corrected chi connectivity index (χ3v) is 6.18. The summed E-state index contributed by atoms with van der Waals surface area (Å²) in [5, 5.41) is 7.05. The number of carbonyl (C=O) groups is 2. The highest BCUT2D eigenvalue weighted by atomic mass is 79.9. The van der Waals surface area contributed by atoms with Crippen LogP contribution in [0.3, 0.4) is 0 Å². The minimum atomic E-state index is -0.693. The van der Waals surface area contributed by atoms with Gasteiger partial charge in [0, 0.05) is 21.7 Å². The van der Waals surface area contributed by atoms with Gasteiger partial charge in [-0.05, 0) is 53.4 Å². The zero-order chi connectivity index (χ0) is 21.8. The van der Waals surface area contributed by atoms with Crippen molar-refractivity contribution in [1.29, 1.82) is 0 Å². The Balaban J connectivity index is 2.03. The lowest BCUT2D eigenvalue weighted by Crippen LogP contribution is -2.47. The summed E-state index contributed by atoms with van der Waals surface area (Å²) in [7, 11) is 0. The predicted molar refractivity (Wildman–Crippen MR) is 129 cm³/mol. The second-order valence-electron chi connectivity index (χ2n) is 6.93. The Morgan fingerprint density at radius 2 is 1.80 bits per heavy atom. The fraction of sp³-hybridized carbons (Fsp3) is 0.348. The lowest BCUT2D eigenvalue weighted by molar-refractivity contribution is -0.122. The Bertz CT molecular complexity index is 859. The Morgan fingerprint density at radius 3 is 2.50 bits per heavy atom. The molecule has 0 saturated heterocycles. The quantitative estimate of drug-likeness (QED) is 0.338. The summed E-state index contributed by atoms with van der Waals surface area (Å²) >= 11 is 4.99. The van der Waals surface area contributed by atoms with E-state index in [1.54, 1.807) is 30.0 Å². The topological polar surface area (TPSA) is 70.6 Å². The maximum atomic E-state index is 12.8. The van der Waals surface area contributed by atoms with E-state index in [-0.39, 0.29) is 11.8 Å². The largest absolute Gasteiger partial charge is 0.339 e. The van der Waals surface area contributed by atoms with Crippen LogP contribution in [0.4, 0.5) is 0 Å². The van der Waals surface area contributed by atoms with Crippen LogP contribution in [-0.4, -0.2) is 29.3 Å². The van der Waals surface area contributed by atoms with E-state index in [9.17, 15) is 9.59 Å². The maximum absolute atomic E-state index is 12.8. The van der Waals surface area contributed by atoms with Gasteiger partial charge in [0.1, 0.15) is 6.04 Å². The van der Waals surface area contributed by atoms with Crippen LogP contribution in [0.5, 0.6) is 0 Å². The molecule has 0 aromatic heterocycles. The molecular formula is C23H28BrN3O2S. The van der Waals surface area contributed by atoms with Crippen molar-refractivity contribution >= 4 is 45.2 Å². The van der Waals surface area contributed by atoms with Crippen LogP contribution in [-0.2, 0) is 10.5 Å². The molecule has 2 N–H and O–H groups in total. The normalized spacial score (nSPS) is 12.3. The van der Waals surface area contributed by atoms with E-state index in [0.717, 1.165) is 30.7 Å². The van der Waals surface area contributed by atoms with Gasteiger partial charge >= 0.3 is 0 Å². The zero-order valence-corrected chi connectivity index (χ0v) is 19.8. The van der Waals surface area contributed by atoms with Crippen LogP contribution in [0.25, 0.3) is 0 Å². The number of amides is 2. The first kappa shape index (κ1) is 24.2. The van der Waals surface area contributed by atoms with Gasteiger partial charge < -0.3 is 5.32 Å². The van der Waals surface area contributed by atoms with Gasteiger partial charge in [0.15, 0.2) is 0 Å². The number of hydrazone groups is 1. The highest BCUT2D eigenvalue weighted by molar-refractivity contribution is 9.10. The molecule has 7 heteroatoms. The first-order chi connectivity index (χ1) is 14.5. The molecule has 2 rings (SSSR count). The summed E-state index contributed by atoms with van der Waals surface area (Å²) in [6, 6.07) is 16.5. The van der Waals surface area contributed by atoms with Crippen molar-refractivity contribution in [2.24, 2.45) is 5.10 Å². The molecule has 0 bridgehead atoms. The van der Waals surface area contributed by atoms with Crippen molar-refractivity contribution in [3.63, 3.8) is 0 Å². The lowest BCUT2D eigenvalue weighted by Gasteiger charge is -2.18. The van der Waals surface area contributed by atoms with Crippen LogP contribution >= 0.6 is 27.7 Å². The molecule has 0 saturated carbocycles. The highest BCUT2D eigenvalue weighted by Crippen LogP contribution is 2.17. The summed E-state index contributed by atoms with van der Waals surface area (Å²) in [5.74, 6) is 0.593. The van der Waals surface area contributed by atoms with Crippen LogP contribution in [0.1, 0.15) is 49.0 Å². The molecule has 0 fully saturated rings. The van der Waals surface area contributed by atoms with Gasteiger partial charge in [-0.3, -0.25) is 9.59 Å². The van der Waals surface area contributed by atoms with Gasteiger partial charge in [0.2, 0.25) is 0 Å². The van der Waals surface area contributed by atoms with Gasteiger partial charge in [0.05, 0.1) is 5.56 Å². The van der Waals surface area contributed by atoms with E-state index in [1.807, 2.05) is 43.3 Å². The van der Waals surface area contributed by atoms with E-state index in [4.69, 9.17) is 0 Å². The standard InChI is InChI=1S/C23H28BrN3O2S/c1-3-4-10-17(2)26-27-23(29)21(16-30-15-18-11-6-5-7-12-18)25-22(28)19-13-8-9-14-20(19)24/h5-9,11-14,21H,3-4,10,15-16H2,1-2H3,(H,25,28)(H,27,29)/t21-/m1/s1. The molecule has 0 aliphatic rings. The third kappa shape index (κ3) is 8.32. The molecule has 2 aromatic carbocycles. The SMILES string of the molecule is CCCCC(C)=NNC(=O)[C@@H](CSCc1ccccc1)NC(=O)c1ccccc1Br. The number of benzene rings is 2. The summed E-state index contributed by atoms with van der Waals surface area (Å²) in [5.41, 5.74) is 5.16. The molecular weight excluding hydrogens is 462 g/mol. The van der Waals surface area contributed by atoms with Crippen molar-refractivity contribution in [2.45, 2.75) is 44.9 Å². The highest BCUT2D eigenvalue weighted by Gasteiger charge is 2.22. The van der Waals surface area contributed by atoms with Crippen molar-refractivity contribution in [3.05, 3.63) is 70.2 Å². The number of nitrogens with zero attached hydrogens (tertiary/aromatic N) is 1. The second-order valence-corrected chi connectivity index (χ2v) is 8.82. The number of hydrogen-bond acceptors (Lipinski definition) is 4. The monoisotopic (exact) mass is 489 g/mol. The first-order valence-electron chi connectivity index (χ1n) is 10.0. The van der Waals surface area contributed by atoms with E-state index in [2.05, 4.69) is 38.7 Å². The summed E-state index contributed by atoms with van der Waals surface area (Å²) in [6.07, 6.45) is 2.94. The van der Waals surface area contributed by atoms with Gasteiger partial charge in [-0.2, -0.15) is 16.9 Å². The molecule has 0 radical (unpaired) electrons. The first-order valence-corrected chi connectivity index (χ1v) is 12.0. The average molecular weight is 490 g/mol. The molecule has 0 heterocycles. The summed E-state index contributed by atoms with van der Waals surface area (Å²) in [6.45, 7) is 4.01. The molecule has 2 aromatic rings. The van der Waals surface area contributed by atoms with Crippen molar-refractivity contribution in [2.75, 3.05) is 5.75 Å². The molecule has 30 heavy (non-hydrogen) atoms. The van der Waals surface area contributed by atoms with Crippen molar-refractivity contribution in [1.82, 2.24) is 10.7 Å². The van der Waals surface area contributed by atoms with Gasteiger partial charge in [-0.15, -0.1) is 0 Å². The minimum absolute atomic E-state index is 0.297. The van der Waals surface area contributed by atoms with Crippen LogP contribution < -0.4 is 10.7 Å². The Morgan fingerprint density at radius 1 is 1.10 bits per heavy atom. The number of nitrogens with one attached hydrogen (secondary N) is 2. The van der Waals surface area contributed by atoms with E-state index in [1.165, 1.54) is 5.56 Å². The number of hydrogen-bond donors (Lipinski definition) is 2. The molecule has 2 amide bonds. The van der Waals surface area contributed by atoms with Gasteiger partial charge in [-0.1, -0.05) is 55.8 Å². The molecule has 0 aliphatic heterocycles. The predicted octanol–water partition coefficient (Wildman–Crippen LogP) is 5.16. The van der Waals surface area contributed by atoms with Crippen molar-refractivity contribution in [3.8, 4) is 0 Å². The Kier molecular flexibility index (Phi) is 10.7. The number of carbonyl (C=O) groups excluding carboxylic acids is 2. The maximum Gasteiger partial charge on any atom is 0.263 e. The summed E-state index contributed by atoms with van der Waals surface area (Å²) in [4.78, 5) is 25.5.